The van der Waals surface area contributed by atoms with Crippen LogP contribution in [0.3, 0.4) is 0 Å². The number of H-pyrrole nitrogens is 1. The summed E-state index contributed by atoms with van der Waals surface area (Å²) in [6.07, 6.45) is 5.60. The number of esters is 2. The quantitative estimate of drug-likeness (QED) is 0.139. The summed E-state index contributed by atoms with van der Waals surface area (Å²) in [5.74, 6) is -1.12. The summed E-state index contributed by atoms with van der Waals surface area (Å²) in [5, 5.41) is 12.3. The molecule has 5 heterocycles. The van der Waals surface area contributed by atoms with Crippen molar-refractivity contribution >= 4 is 45.7 Å². The fourth-order valence-corrected chi connectivity index (χ4v) is 9.29. The molecule has 1 atom stereocenters. The van der Waals surface area contributed by atoms with Crippen molar-refractivity contribution < 1.29 is 28.7 Å². The van der Waals surface area contributed by atoms with Crippen molar-refractivity contribution in [2.24, 2.45) is 0 Å². The highest BCUT2D eigenvalue weighted by atomic mass is 16.5. The van der Waals surface area contributed by atoms with Crippen molar-refractivity contribution in [1.29, 1.82) is 0 Å². The first-order chi connectivity index (χ1) is 31.1. The number of pyridine rings is 1. The van der Waals surface area contributed by atoms with Gasteiger partial charge in [0.1, 0.15) is 12.6 Å². The van der Waals surface area contributed by atoms with E-state index < -0.39 is 18.0 Å². The van der Waals surface area contributed by atoms with E-state index >= 15 is 0 Å². The van der Waals surface area contributed by atoms with Crippen LogP contribution >= 0.6 is 0 Å². The van der Waals surface area contributed by atoms with Crippen LogP contribution in [-0.2, 0) is 43.6 Å². The molecule has 0 aliphatic carbocycles. The lowest BCUT2D eigenvalue weighted by Crippen LogP contribution is -2.59. The average Bonchev–Trinajstić information content (AvgIpc) is 3.74. The normalized spacial score (nSPS) is 17.4. The van der Waals surface area contributed by atoms with E-state index in [1.54, 1.807) is 11.1 Å². The number of hydrogen-bond donors (Lipinski definition) is 3. The van der Waals surface area contributed by atoms with Gasteiger partial charge < -0.3 is 34.5 Å². The number of rotatable bonds is 14. The monoisotopic (exact) mass is 873 g/mol. The van der Waals surface area contributed by atoms with E-state index in [4.69, 9.17) is 9.47 Å². The van der Waals surface area contributed by atoms with Gasteiger partial charge in [-0.25, -0.2) is 9.48 Å². The average molecular weight is 874 g/mol. The minimum absolute atomic E-state index is 0.0210. The molecule has 2 aromatic heterocycles. The molecule has 3 N–H and O–H groups in total. The van der Waals surface area contributed by atoms with Crippen LogP contribution in [0.2, 0.25) is 0 Å². The number of piperidine rings is 2. The molecule has 0 radical (unpaired) electrons. The summed E-state index contributed by atoms with van der Waals surface area (Å²) in [7, 11) is 2.16. The van der Waals surface area contributed by atoms with Gasteiger partial charge in [-0.2, -0.15) is 5.10 Å². The number of hydrogen-bond acceptors (Lipinski definition) is 11. The Hall–Kier alpha value is -6.10. The molecule has 0 saturated carbocycles. The summed E-state index contributed by atoms with van der Waals surface area (Å²) in [6, 6.07) is 22.4. The Morgan fingerprint density at radius 1 is 0.781 bits per heavy atom. The van der Waals surface area contributed by atoms with Crippen molar-refractivity contribution in [1.82, 2.24) is 45.0 Å². The van der Waals surface area contributed by atoms with Crippen molar-refractivity contribution in [2.75, 3.05) is 72.5 Å². The first kappa shape index (κ1) is 44.5. The number of urea groups is 1. The van der Waals surface area contributed by atoms with Gasteiger partial charge in [0.15, 0.2) is 6.73 Å². The summed E-state index contributed by atoms with van der Waals surface area (Å²) in [4.78, 5) is 77.7. The number of ether oxygens (including phenoxy) is 2. The summed E-state index contributed by atoms with van der Waals surface area (Å²) in [5.41, 5.74) is 4.79. The van der Waals surface area contributed by atoms with E-state index in [1.807, 2.05) is 84.6 Å². The molecule has 16 nitrogen and oxygen atoms in total. The van der Waals surface area contributed by atoms with Gasteiger partial charge >= 0.3 is 18.0 Å². The molecule has 3 aliphatic rings. The van der Waals surface area contributed by atoms with Gasteiger partial charge in [-0.05, 0) is 98.9 Å². The smallest absolute Gasteiger partial charge is 0.321 e. The molecule has 5 aromatic rings. The molecule has 0 spiro atoms. The maximum Gasteiger partial charge on any atom is 0.321 e. The Balaban J connectivity index is 0.893. The number of aromatic nitrogens is 3. The summed E-state index contributed by atoms with van der Waals surface area (Å²) in [6.45, 7) is 7.53. The molecular weight excluding hydrogens is 815 g/mol. The van der Waals surface area contributed by atoms with Crippen molar-refractivity contribution in [3.63, 3.8) is 0 Å². The summed E-state index contributed by atoms with van der Waals surface area (Å²) < 4.78 is 12.2. The number of carbonyl (C=O) groups excluding carboxylic acids is 4. The topological polar surface area (TPSA) is 174 Å². The number of piperazine rings is 1. The molecule has 3 saturated heterocycles. The number of benzene rings is 3. The maximum absolute atomic E-state index is 14.5. The van der Waals surface area contributed by atoms with Crippen LogP contribution in [0.15, 0.2) is 83.8 Å². The fourth-order valence-electron chi connectivity index (χ4n) is 9.29. The van der Waals surface area contributed by atoms with E-state index in [0.717, 1.165) is 83.1 Å². The largest absolute Gasteiger partial charge is 0.460 e. The molecule has 3 aliphatic heterocycles. The first-order valence-corrected chi connectivity index (χ1v) is 22.5. The molecule has 3 amide bonds. The van der Waals surface area contributed by atoms with Crippen LogP contribution < -0.4 is 16.2 Å². The zero-order valence-corrected chi connectivity index (χ0v) is 36.8. The highest BCUT2D eigenvalue weighted by molar-refractivity contribution is 5.88. The highest BCUT2D eigenvalue weighted by Crippen LogP contribution is 2.28. The Kier molecular flexibility index (Phi) is 14.3. The third kappa shape index (κ3) is 11.2. The van der Waals surface area contributed by atoms with Gasteiger partial charge in [-0.15, -0.1) is 0 Å². The second-order valence-corrected chi connectivity index (χ2v) is 17.4. The fraction of sp³-hybridized carbons (Fsp3) is 0.458. The Morgan fingerprint density at radius 2 is 1.48 bits per heavy atom. The van der Waals surface area contributed by atoms with Crippen LogP contribution in [-0.4, -0.2) is 143 Å². The molecule has 16 heteroatoms. The van der Waals surface area contributed by atoms with Crippen LogP contribution in [0.1, 0.15) is 53.9 Å². The van der Waals surface area contributed by atoms with E-state index in [-0.39, 0.29) is 56.3 Å². The van der Waals surface area contributed by atoms with Crippen LogP contribution in [0, 0.1) is 6.92 Å². The van der Waals surface area contributed by atoms with Gasteiger partial charge in [0.2, 0.25) is 5.91 Å². The van der Waals surface area contributed by atoms with Crippen LogP contribution in [0.4, 0.5) is 4.79 Å². The van der Waals surface area contributed by atoms with Crippen molar-refractivity contribution in [3.05, 3.63) is 112 Å². The lowest BCUT2D eigenvalue weighted by molar-refractivity contribution is -0.147. The second-order valence-electron chi connectivity index (χ2n) is 17.4. The van der Waals surface area contributed by atoms with Gasteiger partial charge in [0.05, 0.1) is 18.6 Å². The molecule has 1 unspecified atom stereocenters. The van der Waals surface area contributed by atoms with E-state index in [9.17, 15) is 24.0 Å². The zero-order chi connectivity index (χ0) is 44.6. The van der Waals surface area contributed by atoms with Gasteiger partial charge in [0, 0.05) is 74.4 Å². The maximum atomic E-state index is 14.5. The number of nitrogens with one attached hydrogen (secondary N) is 3. The third-order valence-corrected chi connectivity index (χ3v) is 12.9. The zero-order valence-electron chi connectivity index (χ0n) is 36.8. The Labute approximate surface area is 372 Å². The van der Waals surface area contributed by atoms with Gasteiger partial charge in [-0.1, -0.05) is 54.6 Å². The molecule has 0 bridgehead atoms. The summed E-state index contributed by atoms with van der Waals surface area (Å²) >= 11 is 0. The first-order valence-electron chi connectivity index (χ1n) is 22.5. The number of nitrogens with zero attached hydrogens (tertiary/aromatic N) is 6. The highest BCUT2D eigenvalue weighted by Gasteiger charge is 2.34. The second kappa shape index (κ2) is 20.6. The van der Waals surface area contributed by atoms with E-state index in [0.29, 0.717) is 45.1 Å². The van der Waals surface area contributed by atoms with Crippen LogP contribution in [0.25, 0.3) is 21.8 Å². The molecule has 64 heavy (non-hydrogen) atoms. The number of amides is 3. The van der Waals surface area contributed by atoms with E-state index in [2.05, 4.69) is 37.6 Å². The lowest BCUT2D eigenvalue weighted by Gasteiger charge is -2.43. The van der Waals surface area contributed by atoms with Gasteiger partial charge in [-0.3, -0.25) is 29.4 Å². The molecule has 3 aromatic carbocycles. The number of aryl methyl sites for hydroxylation is 1. The number of para-hydroxylation sites is 1. The minimum Gasteiger partial charge on any atom is -0.460 e. The molecular formula is C48H59N9O7. The number of likely N-dealkylation sites (tertiary alicyclic amines) is 2. The molecule has 8 rings (SSSR count). The number of aromatic amines is 1. The van der Waals surface area contributed by atoms with Crippen molar-refractivity contribution in [3.8, 4) is 0 Å². The van der Waals surface area contributed by atoms with Crippen LogP contribution in [0.5, 0.6) is 0 Å². The predicted molar refractivity (Wildman–Crippen MR) is 242 cm³/mol. The number of carbonyl (C=O) groups is 4. The predicted octanol–water partition coefficient (Wildman–Crippen LogP) is 3.76. The van der Waals surface area contributed by atoms with Gasteiger partial charge in [0.25, 0.3) is 5.56 Å². The number of fused-ring (bicyclic) bond motifs is 2. The molecule has 3 fully saturated rings. The Morgan fingerprint density at radius 3 is 2.23 bits per heavy atom. The lowest BCUT2D eigenvalue weighted by atomic mass is 9.89. The molecule has 338 valence electrons. The van der Waals surface area contributed by atoms with Crippen molar-refractivity contribution in [2.45, 2.75) is 70.4 Å². The SMILES string of the molecule is Cc1cc(CC(NC(=O)N2CCC(c3cc4ccccc4[nH]c3=O)CC2)C(=O)N2CCN(C3CCN(C)CC3)CC2)cc2cn(COC(=O)CNCC(=O)OCc3ccccc3)nc12. The minimum atomic E-state index is -0.806. The van der Waals surface area contributed by atoms with E-state index in [1.165, 1.54) is 4.68 Å². The Bertz CT molecular complexity index is 2480. The third-order valence-electron chi connectivity index (χ3n) is 12.9. The standard InChI is InChI=1S/C48H59N9O7/c1-33-24-35(25-38-30-57(52-45(33)38)32-64-44(59)29-49-28-43(58)63-31-34-8-4-3-5-9-34)26-42(47(61)55-22-20-54(21-23-55)39-14-16-53(2)17-15-39)51-48(62)56-18-12-36(13-19-56)40-27-37-10-6-7-11-41(37)50-46(40)60/h3-11,24-25,27,30,36,39,42,49H,12-23,26,28-29,31-32H2,1-2H3,(H,50,60)(H,51,62).